The van der Waals surface area contributed by atoms with Gasteiger partial charge in [-0.05, 0) is 24.3 Å². The van der Waals surface area contributed by atoms with Crippen LogP contribution in [0, 0.1) is 5.41 Å². The second kappa shape index (κ2) is 6.20. The molecule has 2 heterocycles. The zero-order valence-electron chi connectivity index (χ0n) is 12.6. The Morgan fingerprint density at radius 3 is 2.45 bits per heavy atom. The monoisotopic (exact) mass is 276 g/mol. The Labute approximate surface area is 120 Å². The molecular formula is C15H24N4O. The van der Waals surface area contributed by atoms with Crippen LogP contribution in [0.5, 0.6) is 0 Å². The van der Waals surface area contributed by atoms with Crippen molar-refractivity contribution in [3.05, 3.63) is 18.5 Å². The predicted octanol–water partition coefficient (Wildman–Crippen LogP) is 2.00. The zero-order valence-corrected chi connectivity index (χ0v) is 12.6. The van der Waals surface area contributed by atoms with Gasteiger partial charge in [-0.1, -0.05) is 20.8 Å². The minimum Gasteiger partial charge on any atom is -0.353 e. The van der Waals surface area contributed by atoms with Crippen molar-refractivity contribution in [3.8, 4) is 0 Å². The lowest BCUT2D eigenvalue weighted by atomic mass is 9.91. The normalized spacial score (nSPS) is 17.1. The fraction of sp³-hybridized carbons (Fsp3) is 0.667. The van der Waals surface area contributed by atoms with E-state index in [-0.39, 0.29) is 17.4 Å². The average molecular weight is 276 g/mol. The van der Waals surface area contributed by atoms with Gasteiger partial charge in [-0.2, -0.15) is 0 Å². The number of nitrogens with one attached hydrogen (secondary N) is 1. The van der Waals surface area contributed by atoms with Gasteiger partial charge >= 0.3 is 0 Å². The van der Waals surface area contributed by atoms with E-state index in [9.17, 15) is 4.79 Å². The van der Waals surface area contributed by atoms with Gasteiger partial charge in [0.25, 0.3) is 0 Å². The van der Waals surface area contributed by atoms with E-state index >= 15 is 0 Å². The van der Waals surface area contributed by atoms with E-state index in [1.165, 1.54) is 0 Å². The average Bonchev–Trinajstić information content (AvgIpc) is 2.38. The summed E-state index contributed by atoms with van der Waals surface area (Å²) in [5, 5.41) is 3.14. The molecule has 1 aromatic rings. The van der Waals surface area contributed by atoms with E-state index in [0.29, 0.717) is 6.42 Å². The van der Waals surface area contributed by atoms with E-state index in [0.717, 1.165) is 31.9 Å². The largest absolute Gasteiger partial charge is 0.353 e. The summed E-state index contributed by atoms with van der Waals surface area (Å²) in [6.45, 7) is 8.04. The summed E-state index contributed by atoms with van der Waals surface area (Å²) in [7, 11) is 0. The first-order valence-corrected chi connectivity index (χ1v) is 7.25. The summed E-state index contributed by atoms with van der Waals surface area (Å²) in [4.78, 5) is 22.6. The molecule has 0 spiro atoms. The summed E-state index contributed by atoms with van der Waals surface area (Å²) in [6.07, 6.45) is 6.01. The molecule has 1 fully saturated rings. The third kappa shape index (κ3) is 4.47. The van der Waals surface area contributed by atoms with Crippen molar-refractivity contribution >= 4 is 11.9 Å². The van der Waals surface area contributed by atoms with Crippen LogP contribution in [0.2, 0.25) is 0 Å². The number of nitrogens with zero attached hydrogens (tertiary/aromatic N) is 3. The Balaban J connectivity index is 1.79. The molecule has 0 atom stereocenters. The van der Waals surface area contributed by atoms with Crippen LogP contribution in [-0.4, -0.2) is 35.0 Å². The molecule has 0 aromatic carbocycles. The number of piperidine rings is 1. The first kappa shape index (κ1) is 14.8. The number of hydrogen-bond donors (Lipinski definition) is 1. The highest BCUT2D eigenvalue weighted by Gasteiger charge is 2.23. The molecule has 5 nitrogen and oxygen atoms in total. The van der Waals surface area contributed by atoms with Crippen LogP contribution in [0.3, 0.4) is 0 Å². The first-order chi connectivity index (χ1) is 9.44. The lowest BCUT2D eigenvalue weighted by Gasteiger charge is -2.32. The van der Waals surface area contributed by atoms with Crippen LogP contribution >= 0.6 is 0 Å². The molecule has 5 heteroatoms. The summed E-state index contributed by atoms with van der Waals surface area (Å²) < 4.78 is 0. The van der Waals surface area contributed by atoms with Crippen LogP contribution in [0.1, 0.15) is 40.0 Å². The van der Waals surface area contributed by atoms with Crippen LogP contribution in [0.4, 0.5) is 5.95 Å². The Morgan fingerprint density at radius 2 is 1.90 bits per heavy atom. The molecule has 1 N–H and O–H groups in total. The third-order valence-corrected chi connectivity index (χ3v) is 3.39. The van der Waals surface area contributed by atoms with Gasteiger partial charge in [-0.3, -0.25) is 4.79 Å². The predicted molar refractivity (Wildman–Crippen MR) is 79.5 cm³/mol. The van der Waals surface area contributed by atoms with Crippen molar-refractivity contribution in [1.82, 2.24) is 15.3 Å². The lowest BCUT2D eigenvalue weighted by Crippen LogP contribution is -2.45. The van der Waals surface area contributed by atoms with Crippen molar-refractivity contribution in [3.63, 3.8) is 0 Å². The van der Waals surface area contributed by atoms with Gasteiger partial charge in [0, 0.05) is 37.9 Å². The smallest absolute Gasteiger partial charge is 0.225 e. The third-order valence-electron chi connectivity index (χ3n) is 3.39. The number of carbonyl (C=O) groups is 1. The highest BCUT2D eigenvalue weighted by atomic mass is 16.1. The van der Waals surface area contributed by atoms with Gasteiger partial charge in [0.05, 0.1) is 0 Å². The molecule has 1 amide bonds. The number of hydrogen-bond acceptors (Lipinski definition) is 4. The highest BCUT2D eigenvalue weighted by Crippen LogP contribution is 2.19. The molecule has 0 bridgehead atoms. The zero-order chi connectivity index (χ0) is 14.6. The van der Waals surface area contributed by atoms with Crippen LogP contribution in [0.25, 0.3) is 0 Å². The Hall–Kier alpha value is -1.65. The van der Waals surface area contributed by atoms with Gasteiger partial charge in [0.15, 0.2) is 0 Å². The first-order valence-electron chi connectivity index (χ1n) is 7.25. The molecule has 0 radical (unpaired) electrons. The Bertz CT molecular complexity index is 433. The summed E-state index contributed by atoms with van der Waals surface area (Å²) >= 11 is 0. The van der Waals surface area contributed by atoms with Gasteiger partial charge in [0.1, 0.15) is 0 Å². The summed E-state index contributed by atoms with van der Waals surface area (Å²) in [5.74, 6) is 0.943. The number of carbonyl (C=O) groups excluding carboxylic acids is 1. The molecule has 1 aliphatic rings. The molecule has 2 rings (SSSR count). The summed E-state index contributed by atoms with van der Waals surface area (Å²) in [6, 6.07) is 2.10. The number of aromatic nitrogens is 2. The topological polar surface area (TPSA) is 58.1 Å². The van der Waals surface area contributed by atoms with E-state index < -0.39 is 0 Å². The fourth-order valence-corrected chi connectivity index (χ4v) is 2.44. The molecule has 0 saturated carbocycles. The maximum absolute atomic E-state index is 11.9. The number of amides is 1. The van der Waals surface area contributed by atoms with E-state index in [1.54, 1.807) is 12.4 Å². The highest BCUT2D eigenvalue weighted by molar-refractivity contribution is 5.76. The minimum atomic E-state index is 0.0443. The molecule has 0 unspecified atom stereocenters. The maximum atomic E-state index is 11.9. The molecule has 1 aromatic heterocycles. The lowest BCUT2D eigenvalue weighted by molar-refractivity contribution is -0.123. The SMILES string of the molecule is CC(C)(C)CC(=O)NC1CCN(c2ncccn2)CC1. The molecule has 0 aliphatic carbocycles. The minimum absolute atomic E-state index is 0.0443. The standard InChI is InChI=1S/C15H24N4O/c1-15(2,3)11-13(20)18-12-5-9-19(10-6-12)14-16-7-4-8-17-14/h4,7-8,12H,5-6,9-11H2,1-3H3,(H,18,20). The van der Waals surface area contributed by atoms with Crippen molar-refractivity contribution in [2.24, 2.45) is 5.41 Å². The second-order valence-corrected chi connectivity index (χ2v) is 6.62. The van der Waals surface area contributed by atoms with Crippen molar-refractivity contribution in [2.75, 3.05) is 18.0 Å². The van der Waals surface area contributed by atoms with Crippen LogP contribution < -0.4 is 10.2 Å². The van der Waals surface area contributed by atoms with Gasteiger partial charge in [-0.25, -0.2) is 9.97 Å². The van der Waals surface area contributed by atoms with Crippen molar-refractivity contribution in [1.29, 1.82) is 0 Å². The molecule has 1 saturated heterocycles. The second-order valence-electron chi connectivity index (χ2n) is 6.62. The molecular weight excluding hydrogens is 252 g/mol. The van der Waals surface area contributed by atoms with Crippen LogP contribution in [-0.2, 0) is 4.79 Å². The molecule has 110 valence electrons. The fourth-order valence-electron chi connectivity index (χ4n) is 2.44. The van der Waals surface area contributed by atoms with E-state index in [4.69, 9.17) is 0 Å². The molecule has 20 heavy (non-hydrogen) atoms. The van der Waals surface area contributed by atoms with Crippen LogP contribution in [0.15, 0.2) is 18.5 Å². The summed E-state index contributed by atoms with van der Waals surface area (Å²) in [5.41, 5.74) is 0.0443. The maximum Gasteiger partial charge on any atom is 0.225 e. The van der Waals surface area contributed by atoms with Gasteiger partial charge in [0.2, 0.25) is 11.9 Å². The Kier molecular flexibility index (Phi) is 4.57. The number of rotatable bonds is 3. The Morgan fingerprint density at radius 1 is 1.30 bits per heavy atom. The van der Waals surface area contributed by atoms with Gasteiger partial charge < -0.3 is 10.2 Å². The van der Waals surface area contributed by atoms with E-state index in [2.05, 4.69) is 41.0 Å². The molecule has 1 aliphatic heterocycles. The quantitative estimate of drug-likeness (QED) is 0.917. The van der Waals surface area contributed by atoms with Gasteiger partial charge in [-0.15, -0.1) is 0 Å². The van der Waals surface area contributed by atoms with Crippen molar-refractivity contribution in [2.45, 2.75) is 46.1 Å². The van der Waals surface area contributed by atoms with Crippen molar-refractivity contribution < 1.29 is 4.79 Å². The van der Waals surface area contributed by atoms with E-state index in [1.807, 2.05) is 6.07 Å². The number of anilines is 1.